The standard InChI is InChI=1S/C21H26N2O3/c1-13-7-8-14(2)17(11-13)19(24)23-18-12-16(10-9-15(18)3)22-20(25)26-21(4,5)6/h7-12H,1-6H3,(H,22,25)(H,23,24). The fraction of sp³-hybridized carbons (Fsp3) is 0.333. The molecule has 0 saturated carbocycles. The molecule has 2 N–H and O–H groups in total. The molecule has 0 bridgehead atoms. The Morgan fingerprint density at radius 2 is 1.54 bits per heavy atom. The van der Waals surface area contributed by atoms with Crippen LogP contribution in [0.5, 0.6) is 0 Å². The molecule has 0 saturated heterocycles. The number of hydrogen-bond acceptors (Lipinski definition) is 3. The number of benzene rings is 2. The maximum Gasteiger partial charge on any atom is 0.412 e. The van der Waals surface area contributed by atoms with E-state index in [1.54, 1.807) is 32.9 Å². The SMILES string of the molecule is Cc1ccc(C)c(C(=O)Nc2cc(NC(=O)OC(C)(C)C)ccc2C)c1. The van der Waals surface area contributed by atoms with Gasteiger partial charge in [0.05, 0.1) is 0 Å². The van der Waals surface area contributed by atoms with E-state index in [9.17, 15) is 9.59 Å². The van der Waals surface area contributed by atoms with Crippen LogP contribution in [0.1, 0.15) is 47.8 Å². The summed E-state index contributed by atoms with van der Waals surface area (Å²) in [5, 5.41) is 5.61. The summed E-state index contributed by atoms with van der Waals surface area (Å²) in [4.78, 5) is 24.6. The van der Waals surface area contributed by atoms with Crippen molar-refractivity contribution in [2.75, 3.05) is 10.6 Å². The molecule has 26 heavy (non-hydrogen) atoms. The quantitative estimate of drug-likeness (QED) is 0.795. The van der Waals surface area contributed by atoms with Crippen molar-refractivity contribution in [2.24, 2.45) is 0 Å². The zero-order chi connectivity index (χ0) is 19.5. The van der Waals surface area contributed by atoms with Crippen molar-refractivity contribution in [1.29, 1.82) is 0 Å². The van der Waals surface area contributed by atoms with Gasteiger partial charge < -0.3 is 10.1 Å². The van der Waals surface area contributed by atoms with E-state index in [0.717, 1.165) is 16.7 Å². The van der Waals surface area contributed by atoms with Gasteiger partial charge in [-0.15, -0.1) is 0 Å². The topological polar surface area (TPSA) is 67.4 Å². The third-order valence-corrected chi connectivity index (χ3v) is 3.77. The molecule has 0 fully saturated rings. The summed E-state index contributed by atoms with van der Waals surface area (Å²) in [6.45, 7) is 11.2. The van der Waals surface area contributed by atoms with Crippen molar-refractivity contribution >= 4 is 23.4 Å². The number of amides is 2. The molecule has 0 unspecified atom stereocenters. The second kappa shape index (κ2) is 7.60. The Kier molecular flexibility index (Phi) is 5.70. The molecule has 2 aromatic carbocycles. The molecule has 0 aliphatic rings. The first-order chi connectivity index (χ1) is 12.0. The minimum absolute atomic E-state index is 0.177. The van der Waals surface area contributed by atoms with Gasteiger partial charge in [0.25, 0.3) is 5.91 Å². The lowest BCUT2D eigenvalue weighted by atomic mass is 10.0. The monoisotopic (exact) mass is 354 g/mol. The van der Waals surface area contributed by atoms with Crippen LogP contribution in [0, 0.1) is 20.8 Å². The number of anilines is 2. The Morgan fingerprint density at radius 3 is 2.19 bits per heavy atom. The van der Waals surface area contributed by atoms with Crippen molar-refractivity contribution < 1.29 is 14.3 Å². The lowest BCUT2D eigenvalue weighted by Gasteiger charge is -2.20. The molecule has 138 valence electrons. The van der Waals surface area contributed by atoms with Gasteiger partial charge in [-0.3, -0.25) is 10.1 Å². The van der Waals surface area contributed by atoms with Crippen LogP contribution in [0.4, 0.5) is 16.2 Å². The number of carbonyl (C=O) groups is 2. The zero-order valence-electron chi connectivity index (χ0n) is 16.2. The molecule has 2 amide bonds. The van der Waals surface area contributed by atoms with E-state index < -0.39 is 11.7 Å². The van der Waals surface area contributed by atoms with E-state index >= 15 is 0 Å². The van der Waals surface area contributed by atoms with Crippen molar-refractivity contribution in [2.45, 2.75) is 47.1 Å². The first-order valence-electron chi connectivity index (χ1n) is 8.54. The molecule has 5 heteroatoms. The average molecular weight is 354 g/mol. The summed E-state index contributed by atoms with van der Waals surface area (Å²) in [7, 11) is 0. The normalized spacial score (nSPS) is 11.0. The van der Waals surface area contributed by atoms with Crippen molar-refractivity contribution in [3.63, 3.8) is 0 Å². The minimum atomic E-state index is -0.575. The molecule has 2 aromatic rings. The van der Waals surface area contributed by atoms with Gasteiger partial charge in [0.2, 0.25) is 0 Å². The Bertz CT molecular complexity index is 836. The summed E-state index contributed by atoms with van der Waals surface area (Å²) < 4.78 is 5.25. The van der Waals surface area contributed by atoms with Gasteiger partial charge in [0.15, 0.2) is 0 Å². The molecule has 0 aromatic heterocycles. The molecule has 0 radical (unpaired) electrons. The molecule has 0 aliphatic heterocycles. The van der Waals surface area contributed by atoms with Gasteiger partial charge in [0, 0.05) is 16.9 Å². The Morgan fingerprint density at radius 1 is 0.885 bits per heavy atom. The van der Waals surface area contributed by atoms with Gasteiger partial charge in [-0.2, -0.15) is 0 Å². The first-order valence-corrected chi connectivity index (χ1v) is 8.54. The van der Waals surface area contributed by atoms with Crippen molar-refractivity contribution in [1.82, 2.24) is 0 Å². The van der Waals surface area contributed by atoms with Gasteiger partial charge in [-0.05, 0) is 70.9 Å². The first kappa shape index (κ1) is 19.5. The fourth-order valence-electron chi connectivity index (χ4n) is 2.43. The van der Waals surface area contributed by atoms with E-state index in [0.29, 0.717) is 16.9 Å². The second-order valence-electron chi connectivity index (χ2n) is 7.43. The highest BCUT2D eigenvalue weighted by Gasteiger charge is 2.17. The van der Waals surface area contributed by atoms with E-state index in [2.05, 4.69) is 10.6 Å². The van der Waals surface area contributed by atoms with E-state index in [-0.39, 0.29) is 5.91 Å². The number of rotatable bonds is 3. The molecule has 2 rings (SSSR count). The highest BCUT2D eigenvalue weighted by molar-refractivity contribution is 6.06. The molecule has 0 heterocycles. The number of carbonyl (C=O) groups excluding carboxylic acids is 2. The third-order valence-electron chi connectivity index (χ3n) is 3.77. The summed E-state index contributed by atoms with van der Waals surface area (Å²) in [6, 6.07) is 11.1. The number of hydrogen-bond donors (Lipinski definition) is 2. The molecule has 0 spiro atoms. The largest absolute Gasteiger partial charge is 0.444 e. The van der Waals surface area contributed by atoms with Crippen LogP contribution < -0.4 is 10.6 Å². The number of aryl methyl sites for hydroxylation is 3. The summed E-state index contributed by atoms with van der Waals surface area (Å²) >= 11 is 0. The predicted molar refractivity (Wildman–Crippen MR) is 105 cm³/mol. The molecule has 0 atom stereocenters. The molecule has 5 nitrogen and oxygen atoms in total. The smallest absolute Gasteiger partial charge is 0.412 e. The lowest BCUT2D eigenvalue weighted by molar-refractivity contribution is 0.0636. The number of ether oxygens (including phenoxy) is 1. The Hall–Kier alpha value is -2.82. The van der Waals surface area contributed by atoms with Gasteiger partial charge in [-0.1, -0.05) is 23.8 Å². The van der Waals surface area contributed by atoms with Crippen molar-refractivity contribution in [3.05, 3.63) is 58.7 Å². The lowest BCUT2D eigenvalue weighted by Crippen LogP contribution is -2.27. The maximum atomic E-state index is 12.6. The van der Waals surface area contributed by atoms with Gasteiger partial charge >= 0.3 is 6.09 Å². The van der Waals surface area contributed by atoms with Crippen LogP contribution in [-0.2, 0) is 4.74 Å². The van der Waals surface area contributed by atoms with Crippen LogP contribution in [0.2, 0.25) is 0 Å². The van der Waals surface area contributed by atoms with Gasteiger partial charge in [0.1, 0.15) is 5.60 Å². The highest BCUT2D eigenvalue weighted by Crippen LogP contribution is 2.22. The minimum Gasteiger partial charge on any atom is -0.444 e. The van der Waals surface area contributed by atoms with Gasteiger partial charge in [-0.25, -0.2) is 4.79 Å². The Balaban J connectivity index is 2.18. The maximum absolute atomic E-state index is 12.6. The third kappa shape index (κ3) is 5.34. The molecule has 0 aliphatic carbocycles. The summed E-state index contributed by atoms with van der Waals surface area (Å²) in [5.74, 6) is -0.177. The van der Waals surface area contributed by atoms with E-state index in [4.69, 9.17) is 4.74 Å². The highest BCUT2D eigenvalue weighted by atomic mass is 16.6. The Labute approximate surface area is 154 Å². The van der Waals surface area contributed by atoms with Crippen LogP contribution in [0.25, 0.3) is 0 Å². The number of nitrogens with one attached hydrogen (secondary N) is 2. The van der Waals surface area contributed by atoms with E-state index in [1.165, 1.54) is 0 Å². The average Bonchev–Trinajstić information content (AvgIpc) is 2.51. The summed E-state index contributed by atoms with van der Waals surface area (Å²) in [6.07, 6.45) is -0.534. The van der Waals surface area contributed by atoms with Crippen LogP contribution in [0.3, 0.4) is 0 Å². The molecular formula is C21H26N2O3. The predicted octanol–water partition coefficient (Wildman–Crippen LogP) is 5.21. The summed E-state index contributed by atoms with van der Waals surface area (Å²) in [5.41, 5.74) is 4.10. The van der Waals surface area contributed by atoms with E-state index in [1.807, 2.05) is 45.0 Å². The fourth-order valence-corrected chi connectivity index (χ4v) is 2.43. The van der Waals surface area contributed by atoms with Crippen molar-refractivity contribution in [3.8, 4) is 0 Å². The van der Waals surface area contributed by atoms with Crippen LogP contribution in [-0.4, -0.2) is 17.6 Å². The molecular weight excluding hydrogens is 328 g/mol. The second-order valence-corrected chi connectivity index (χ2v) is 7.43. The van der Waals surface area contributed by atoms with Crippen LogP contribution in [0.15, 0.2) is 36.4 Å². The van der Waals surface area contributed by atoms with Crippen LogP contribution >= 0.6 is 0 Å². The zero-order valence-corrected chi connectivity index (χ0v) is 16.2.